The Morgan fingerprint density at radius 3 is 2.86 bits per heavy atom. The Morgan fingerprint density at radius 1 is 1.41 bits per heavy atom. The van der Waals surface area contributed by atoms with E-state index in [1.807, 2.05) is 6.07 Å². The summed E-state index contributed by atoms with van der Waals surface area (Å²) in [6.45, 7) is 2.21. The molecule has 2 rings (SSSR count). The molecule has 122 valence electrons. The summed E-state index contributed by atoms with van der Waals surface area (Å²) in [4.78, 5) is 12.0. The fourth-order valence-electron chi connectivity index (χ4n) is 2.84. The molecule has 1 aliphatic carbocycles. The van der Waals surface area contributed by atoms with Crippen LogP contribution in [0.25, 0.3) is 0 Å². The number of amides is 1. The van der Waals surface area contributed by atoms with Crippen molar-refractivity contribution in [2.24, 2.45) is 5.92 Å². The van der Waals surface area contributed by atoms with E-state index in [2.05, 4.69) is 12.2 Å². The Labute approximate surface area is 136 Å². The van der Waals surface area contributed by atoms with E-state index in [9.17, 15) is 9.18 Å². The average Bonchev–Trinajstić information content (AvgIpc) is 2.50. The third-order valence-corrected chi connectivity index (χ3v) is 5.18. The molecule has 0 saturated heterocycles. The zero-order valence-electron chi connectivity index (χ0n) is 13.2. The Kier molecular flexibility index (Phi) is 6.55. The van der Waals surface area contributed by atoms with Crippen molar-refractivity contribution in [2.75, 3.05) is 12.9 Å². The predicted molar refractivity (Wildman–Crippen MR) is 88.7 cm³/mol. The second-order valence-electron chi connectivity index (χ2n) is 5.90. The van der Waals surface area contributed by atoms with Crippen molar-refractivity contribution in [1.29, 1.82) is 0 Å². The Bertz CT molecular complexity index is 509. The molecule has 2 atom stereocenters. The number of nitrogens with one attached hydrogen (secondary N) is 1. The van der Waals surface area contributed by atoms with Crippen LogP contribution in [0, 0.1) is 11.7 Å². The molecule has 0 unspecified atom stereocenters. The zero-order chi connectivity index (χ0) is 15.9. The van der Waals surface area contributed by atoms with E-state index in [1.165, 1.54) is 44.2 Å². The Hall–Kier alpha value is -1.23. The summed E-state index contributed by atoms with van der Waals surface area (Å²) in [5, 5.41) is 3.13. The molecule has 22 heavy (non-hydrogen) atoms. The lowest BCUT2D eigenvalue weighted by Gasteiger charge is -2.29. The van der Waals surface area contributed by atoms with Crippen LogP contribution in [0.1, 0.15) is 38.2 Å². The van der Waals surface area contributed by atoms with Gasteiger partial charge in [-0.15, -0.1) is 11.8 Å². The van der Waals surface area contributed by atoms with Crippen molar-refractivity contribution in [2.45, 2.75) is 44.4 Å². The van der Waals surface area contributed by atoms with Gasteiger partial charge in [0.2, 0.25) is 5.91 Å². The number of methoxy groups -OCH3 is 1. The summed E-state index contributed by atoms with van der Waals surface area (Å²) in [5.74, 6) is 1.57. The lowest BCUT2D eigenvalue weighted by atomic mass is 9.86. The number of hydrogen-bond donors (Lipinski definition) is 1. The van der Waals surface area contributed by atoms with Gasteiger partial charge in [-0.2, -0.15) is 0 Å². The van der Waals surface area contributed by atoms with Gasteiger partial charge in [0, 0.05) is 11.8 Å². The first-order valence-corrected chi connectivity index (χ1v) is 8.95. The van der Waals surface area contributed by atoms with E-state index in [0.29, 0.717) is 23.5 Å². The quantitative estimate of drug-likeness (QED) is 0.865. The van der Waals surface area contributed by atoms with Gasteiger partial charge in [0.05, 0.1) is 12.9 Å². The topological polar surface area (TPSA) is 38.3 Å². The average molecular weight is 325 g/mol. The molecule has 0 spiro atoms. The van der Waals surface area contributed by atoms with Crippen molar-refractivity contribution < 1.29 is 13.9 Å². The van der Waals surface area contributed by atoms with Gasteiger partial charge in [0.15, 0.2) is 11.6 Å². The summed E-state index contributed by atoms with van der Waals surface area (Å²) < 4.78 is 18.5. The predicted octanol–water partition coefficient (Wildman–Crippen LogP) is 3.76. The van der Waals surface area contributed by atoms with Crippen LogP contribution in [0.5, 0.6) is 5.75 Å². The minimum Gasteiger partial charge on any atom is -0.494 e. The lowest BCUT2D eigenvalue weighted by Crippen LogP contribution is -2.41. The number of benzene rings is 1. The largest absolute Gasteiger partial charge is 0.494 e. The van der Waals surface area contributed by atoms with Crippen LogP contribution in [0.3, 0.4) is 0 Å². The number of rotatable bonds is 6. The fourth-order valence-corrected chi connectivity index (χ4v) is 3.63. The summed E-state index contributed by atoms with van der Waals surface area (Å²) in [6.07, 6.45) is 4.75. The van der Waals surface area contributed by atoms with E-state index < -0.39 is 0 Å². The third kappa shape index (κ3) is 4.90. The normalized spacial score (nSPS) is 21.4. The summed E-state index contributed by atoms with van der Waals surface area (Å²) in [7, 11) is 1.45. The van der Waals surface area contributed by atoms with Gasteiger partial charge in [-0.1, -0.05) is 25.8 Å². The van der Waals surface area contributed by atoms with Crippen LogP contribution in [-0.4, -0.2) is 24.8 Å². The molecule has 1 aliphatic rings. The summed E-state index contributed by atoms with van der Waals surface area (Å²) in [6, 6.07) is 5.23. The number of carbonyl (C=O) groups is 1. The van der Waals surface area contributed by atoms with Gasteiger partial charge in [-0.05, 0) is 36.5 Å². The van der Waals surface area contributed by atoms with E-state index >= 15 is 0 Å². The molecule has 0 aromatic heterocycles. The summed E-state index contributed by atoms with van der Waals surface area (Å²) >= 11 is 1.51. The summed E-state index contributed by atoms with van der Waals surface area (Å²) in [5.41, 5.74) is 0.863. The minimum atomic E-state index is -0.360. The second kappa shape index (κ2) is 8.42. The third-order valence-electron chi connectivity index (χ3n) is 4.18. The number of ether oxygens (including phenoxy) is 1. The highest BCUT2D eigenvalue weighted by Gasteiger charge is 2.22. The highest BCUT2D eigenvalue weighted by Crippen LogP contribution is 2.24. The molecule has 0 radical (unpaired) electrons. The minimum absolute atomic E-state index is 0.0812. The molecule has 0 aliphatic heterocycles. The number of halogens is 1. The molecular weight excluding hydrogens is 301 g/mol. The van der Waals surface area contributed by atoms with Gasteiger partial charge < -0.3 is 10.1 Å². The van der Waals surface area contributed by atoms with Gasteiger partial charge in [-0.3, -0.25) is 4.79 Å². The smallest absolute Gasteiger partial charge is 0.230 e. The molecule has 1 aromatic carbocycles. The van der Waals surface area contributed by atoms with Crippen LogP contribution < -0.4 is 10.1 Å². The van der Waals surface area contributed by atoms with Crippen LogP contribution in [-0.2, 0) is 10.5 Å². The van der Waals surface area contributed by atoms with Crippen LogP contribution in [0.2, 0.25) is 0 Å². The van der Waals surface area contributed by atoms with Crippen molar-refractivity contribution >= 4 is 17.7 Å². The maximum Gasteiger partial charge on any atom is 0.230 e. The SMILES string of the molecule is COc1ccc(CSCC(=O)N[C@@H]2CCCC[C@@H]2C)cc1F. The van der Waals surface area contributed by atoms with Crippen molar-refractivity contribution in [3.63, 3.8) is 0 Å². The molecule has 0 bridgehead atoms. The lowest BCUT2D eigenvalue weighted by molar-refractivity contribution is -0.119. The highest BCUT2D eigenvalue weighted by molar-refractivity contribution is 7.99. The molecule has 1 aromatic rings. The zero-order valence-corrected chi connectivity index (χ0v) is 14.0. The monoisotopic (exact) mass is 325 g/mol. The van der Waals surface area contributed by atoms with E-state index in [1.54, 1.807) is 6.07 Å². The Balaban J connectivity index is 1.73. The van der Waals surface area contributed by atoms with Crippen molar-refractivity contribution in [3.05, 3.63) is 29.6 Å². The Morgan fingerprint density at radius 2 is 2.18 bits per heavy atom. The van der Waals surface area contributed by atoms with Crippen LogP contribution in [0.4, 0.5) is 4.39 Å². The molecule has 0 heterocycles. The highest BCUT2D eigenvalue weighted by atomic mass is 32.2. The van der Waals surface area contributed by atoms with Gasteiger partial charge in [-0.25, -0.2) is 4.39 Å². The van der Waals surface area contributed by atoms with E-state index in [4.69, 9.17) is 4.74 Å². The van der Waals surface area contributed by atoms with Crippen LogP contribution in [0.15, 0.2) is 18.2 Å². The molecular formula is C17H24FNO2S. The van der Waals surface area contributed by atoms with E-state index in [-0.39, 0.29) is 17.5 Å². The standard InChI is InChI=1S/C17H24FNO2S/c1-12-5-3-4-6-15(12)19-17(20)11-22-10-13-7-8-16(21-2)14(18)9-13/h7-9,12,15H,3-6,10-11H2,1-2H3,(H,19,20)/t12-,15+/m0/s1. The van der Waals surface area contributed by atoms with Gasteiger partial charge >= 0.3 is 0 Å². The maximum atomic E-state index is 13.6. The van der Waals surface area contributed by atoms with Crippen LogP contribution >= 0.6 is 11.8 Å². The number of thioether (sulfide) groups is 1. The first-order chi connectivity index (χ1) is 10.6. The van der Waals surface area contributed by atoms with Gasteiger partial charge in [0.25, 0.3) is 0 Å². The number of carbonyl (C=O) groups excluding carboxylic acids is 1. The van der Waals surface area contributed by atoms with Crippen molar-refractivity contribution in [1.82, 2.24) is 5.32 Å². The maximum absolute atomic E-state index is 13.6. The molecule has 3 nitrogen and oxygen atoms in total. The molecule has 1 amide bonds. The van der Waals surface area contributed by atoms with E-state index in [0.717, 1.165) is 12.0 Å². The molecule has 1 N–H and O–H groups in total. The van der Waals surface area contributed by atoms with Crippen molar-refractivity contribution in [3.8, 4) is 5.75 Å². The first-order valence-electron chi connectivity index (χ1n) is 7.79. The second-order valence-corrected chi connectivity index (χ2v) is 6.88. The fraction of sp³-hybridized carbons (Fsp3) is 0.588. The molecule has 1 saturated carbocycles. The first kappa shape index (κ1) is 17.1. The van der Waals surface area contributed by atoms with Gasteiger partial charge in [0.1, 0.15) is 0 Å². The molecule has 5 heteroatoms. The number of hydrogen-bond acceptors (Lipinski definition) is 3. The molecule has 1 fully saturated rings.